The number of hydrogen-bond acceptors (Lipinski definition) is 3. The van der Waals surface area contributed by atoms with Crippen molar-refractivity contribution in [3.05, 3.63) is 52.1 Å². The second-order valence-electron chi connectivity index (χ2n) is 3.31. The summed E-state index contributed by atoms with van der Waals surface area (Å²) in [6.07, 6.45) is 1.61. The van der Waals surface area contributed by atoms with Crippen LogP contribution in [0.15, 0.2) is 36.5 Å². The first-order valence-corrected chi connectivity index (χ1v) is 5.74. The number of benzene rings is 1. The molecular formula is C12H10Cl2N2O. The van der Waals surface area contributed by atoms with Crippen molar-refractivity contribution in [3.8, 4) is 11.6 Å². The molecule has 0 fully saturated rings. The van der Waals surface area contributed by atoms with Crippen molar-refractivity contribution >= 4 is 23.2 Å². The minimum atomic E-state index is 0.291. The van der Waals surface area contributed by atoms with Crippen molar-refractivity contribution in [1.82, 2.24) is 4.98 Å². The Kier molecular flexibility index (Phi) is 3.84. The first kappa shape index (κ1) is 12.2. The molecular weight excluding hydrogens is 259 g/mol. The fourth-order valence-electron chi connectivity index (χ4n) is 1.38. The largest absolute Gasteiger partial charge is 0.437 e. The van der Waals surface area contributed by atoms with E-state index in [1.54, 1.807) is 36.5 Å². The fourth-order valence-corrected chi connectivity index (χ4v) is 1.79. The van der Waals surface area contributed by atoms with Gasteiger partial charge in [-0.1, -0.05) is 29.3 Å². The molecule has 0 amide bonds. The highest BCUT2D eigenvalue weighted by Gasteiger charge is 2.09. The fraction of sp³-hybridized carbons (Fsp3) is 0.0833. The minimum absolute atomic E-state index is 0.291. The molecule has 1 heterocycles. The van der Waals surface area contributed by atoms with Crippen LogP contribution in [0.25, 0.3) is 0 Å². The predicted molar refractivity (Wildman–Crippen MR) is 68.7 cm³/mol. The SMILES string of the molecule is NCc1c(Cl)cccc1Oc1ncccc1Cl. The normalized spacial score (nSPS) is 10.3. The van der Waals surface area contributed by atoms with Gasteiger partial charge in [0, 0.05) is 23.3 Å². The van der Waals surface area contributed by atoms with Crippen molar-refractivity contribution in [2.75, 3.05) is 0 Å². The van der Waals surface area contributed by atoms with Crippen LogP contribution in [0.2, 0.25) is 10.0 Å². The van der Waals surface area contributed by atoms with Crippen LogP contribution in [0, 0.1) is 0 Å². The van der Waals surface area contributed by atoms with E-state index in [1.807, 2.05) is 0 Å². The molecule has 0 saturated carbocycles. The molecule has 1 aromatic carbocycles. The summed E-state index contributed by atoms with van der Waals surface area (Å²) in [6, 6.07) is 8.76. The number of ether oxygens (including phenoxy) is 1. The third-order valence-corrected chi connectivity index (χ3v) is 2.85. The van der Waals surface area contributed by atoms with Crippen LogP contribution in [0.3, 0.4) is 0 Å². The molecule has 3 nitrogen and oxygen atoms in total. The maximum absolute atomic E-state index is 6.02. The van der Waals surface area contributed by atoms with Gasteiger partial charge >= 0.3 is 0 Å². The topological polar surface area (TPSA) is 48.1 Å². The smallest absolute Gasteiger partial charge is 0.238 e. The minimum Gasteiger partial charge on any atom is -0.437 e. The second kappa shape index (κ2) is 5.36. The molecule has 1 aromatic heterocycles. The van der Waals surface area contributed by atoms with Crippen molar-refractivity contribution in [2.24, 2.45) is 5.73 Å². The first-order chi connectivity index (χ1) is 8.22. The number of hydrogen-bond donors (Lipinski definition) is 1. The molecule has 0 aliphatic carbocycles. The van der Waals surface area contributed by atoms with Crippen LogP contribution >= 0.6 is 23.2 Å². The molecule has 0 spiro atoms. The standard InChI is InChI=1S/C12H10Cl2N2O/c13-9-3-1-5-11(8(9)7-15)17-12-10(14)4-2-6-16-12/h1-6H,7,15H2. The van der Waals surface area contributed by atoms with E-state index in [2.05, 4.69) is 4.98 Å². The average molecular weight is 269 g/mol. The van der Waals surface area contributed by atoms with E-state index in [-0.39, 0.29) is 0 Å². The molecule has 0 atom stereocenters. The summed E-state index contributed by atoms with van der Waals surface area (Å²) in [5.41, 5.74) is 6.36. The van der Waals surface area contributed by atoms with Gasteiger partial charge in [0.2, 0.25) is 5.88 Å². The molecule has 17 heavy (non-hydrogen) atoms. The Morgan fingerprint density at radius 3 is 2.59 bits per heavy atom. The summed E-state index contributed by atoms with van der Waals surface area (Å²) in [5, 5.41) is 1.01. The Balaban J connectivity index is 2.37. The summed E-state index contributed by atoms with van der Waals surface area (Å²) in [5.74, 6) is 0.909. The van der Waals surface area contributed by atoms with Crippen LogP contribution in [0.1, 0.15) is 5.56 Å². The zero-order chi connectivity index (χ0) is 12.3. The lowest BCUT2D eigenvalue weighted by Crippen LogP contribution is -2.01. The summed E-state index contributed by atoms with van der Waals surface area (Å²) >= 11 is 12.0. The van der Waals surface area contributed by atoms with Crippen molar-refractivity contribution in [2.45, 2.75) is 6.54 Å². The van der Waals surface area contributed by atoms with Crippen molar-refractivity contribution in [1.29, 1.82) is 0 Å². The van der Waals surface area contributed by atoms with Gasteiger partial charge in [-0.3, -0.25) is 0 Å². The lowest BCUT2D eigenvalue weighted by molar-refractivity contribution is 0.457. The summed E-state index contributed by atoms with van der Waals surface area (Å²) in [4.78, 5) is 4.04. The maximum Gasteiger partial charge on any atom is 0.238 e. The zero-order valence-corrected chi connectivity index (χ0v) is 10.4. The van der Waals surface area contributed by atoms with Crippen molar-refractivity contribution < 1.29 is 4.74 Å². The van der Waals surface area contributed by atoms with E-state index < -0.39 is 0 Å². The number of nitrogens with zero attached hydrogens (tertiary/aromatic N) is 1. The molecule has 0 unspecified atom stereocenters. The van der Waals surface area contributed by atoms with E-state index in [0.29, 0.717) is 28.2 Å². The van der Waals surface area contributed by atoms with E-state index in [1.165, 1.54) is 0 Å². The molecule has 2 N–H and O–H groups in total. The quantitative estimate of drug-likeness (QED) is 0.925. The Hall–Kier alpha value is -1.29. The third-order valence-electron chi connectivity index (χ3n) is 2.21. The van der Waals surface area contributed by atoms with E-state index in [0.717, 1.165) is 5.56 Å². The highest BCUT2D eigenvalue weighted by atomic mass is 35.5. The number of nitrogens with two attached hydrogens (primary N) is 1. The number of pyridine rings is 1. The van der Waals surface area contributed by atoms with Crippen LogP contribution < -0.4 is 10.5 Å². The van der Waals surface area contributed by atoms with Gasteiger partial charge in [0.05, 0.1) is 0 Å². The Morgan fingerprint density at radius 2 is 1.88 bits per heavy atom. The molecule has 0 saturated heterocycles. The molecule has 2 rings (SSSR count). The molecule has 5 heteroatoms. The van der Waals surface area contributed by atoms with Crippen molar-refractivity contribution in [3.63, 3.8) is 0 Å². The Bertz CT molecular complexity index is 532. The molecule has 88 valence electrons. The Labute approximate surface area is 109 Å². The number of aromatic nitrogens is 1. The lowest BCUT2D eigenvalue weighted by Gasteiger charge is -2.11. The van der Waals surface area contributed by atoms with Gasteiger partial charge in [-0.25, -0.2) is 4.98 Å². The van der Waals surface area contributed by atoms with Crippen LogP contribution in [0.4, 0.5) is 0 Å². The summed E-state index contributed by atoms with van der Waals surface area (Å²) in [7, 11) is 0. The van der Waals surface area contributed by atoms with Gasteiger partial charge in [0.25, 0.3) is 0 Å². The van der Waals surface area contributed by atoms with Gasteiger partial charge < -0.3 is 10.5 Å². The van der Waals surface area contributed by atoms with Crippen LogP contribution in [-0.4, -0.2) is 4.98 Å². The monoisotopic (exact) mass is 268 g/mol. The molecule has 0 aliphatic rings. The van der Waals surface area contributed by atoms with E-state index >= 15 is 0 Å². The second-order valence-corrected chi connectivity index (χ2v) is 4.13. The van der Waals surface area contributed by atoms with E-state index in [9.17, 15) is 0 Å². The highest BCUT2D eigenvalue weighted by molar-refractivity contribution is 6.32. The van der Waals surface area contributed by atoms with Crippen LogP contribution in [-0.2, 0) is 6.54 Å². The average Bonchev–Trinajstić information content (AvgIpc) is 2.32. The van der Waals surface area contributed by atoms with Crippen LogP contribution in [0.5, 0.6) is 11.6 Å². The zero-order valence-electron chi connectivity index (χ0n) is 8.86. The van der Waals surface area contributed by atoms with Gasteiger partial charge in [-0.2, -0.15) is 0 Å². The molecule has 2 aromatic rings. The molecule has 0 radical (unpaired) electrons. The summed E-state index contributed by atoms with van der Waals surface area (Å²) in [6.45, 7) is 0.291. The predicted octanol–water partition coefficient (Wildman–Crippen LogP) is 3.64. The first-order valence-electron chi connectivity index (χ1n) is 4.98. The highest BCUT2D eigenvalue weighted by Crippen LogP contribution is 2.32. The third kappa shape index (κ3) is 2.69. The molecule has 0 aliphatic heterocycles. The van der Waals surface area contributed by atoms with Gasteiger partial charge in [-0.15, -0.1) is 0 Å². The van der Waals surface area contributed by atoms with E-state index in [4.69, 9.17) is 33.7 Å². The number of rotatable bonds is 3. The summed E-state index contributed by atoms with van der Waals surface area (Å²) < 4.78 is 5.60. The van der Waals surface area contributed by atoms with Gasteiger partial charge in [0.1, 0.15) is 10.8 Å². The van der Waals surface area contributed by atoms with Gasteiger partial charge in [-0.05, 0) is 24.3 Å². The maximum atomic E-state index is 6.02. The lowest BCUT2D eigenvalue weighted by atomic mass is 10.2. The number of halogens is 2. The Morgan fingerprint density at radius 1 is 1.12 bits per heavy atom. The van der Waals surface area contributed by atoms with Gasteiger partial charge in [0.15, 0.2) is 0 Å². The molecule has 0 bridgehead atoms.